The van der Waals surface area contributed by atoms with Gasteiger partial charge in [-0.1, -0.05) is 54.6 Å². The van der Waals surface area contributed by atoms with E-state index in [1.54, 1.807) is 6.20 Å². The second-order valence-corrected chi connectivity index (χ2v) is 6.69. The summed E-state index contributed by atoms with van der Waals surface area (Å²) in [6, 6.07) is 23.8. The number of carbonyl (C=O) groups is 1. The van der Waals surface area contributed by atoms with Gasteiger partial charge in [-0.05, 0) is 37.1 Å². The van der Waals surface area contributed by atoms with Crippen LogP contribution in [0.2, 0.25) is 0 Å². The fourth-order valence-corrected chi connectivity index (χ4v) is 3.35. The Morgan fingerprint density at radius 1 is 0.929 bits per heavy atom. The fraction of sp³-hybridized carbons (Fsp3) is 0.125. The Morgan fingerprint density at radius 2 is 1.75 bits per heavy atom. The number of hydrogen-bond acceptors (Lipinski definition) is 3. The maximum atomic E-state index is 12.6. The van der Waals surface area contributed by atoms with Crippen LogP contribution < -0.4 is 5.32 Å². The highest BCUT2D eigenvalue weighted by Gasteiger charge is 2.11. The predicted octanol–water partition coefficient (Wildman–Crippen LogP) is 4.58. The highest BCUT2D eigenvalue weighted by atomic mass is 16.1. The predicted molar refractivity (Wildman–Crippen MR) is 112 cm³/mol. The van der Waals surface area contributed by atoms with Gasteiger partial charge in [0.2, 0.25) is 0 Å². The molecule has 4 heteroatoms. The molecule has 2 heterocycles. The molecule has 1 amide bonds. The number of amides is 1. The van der Waals surface area contributed by atoms with Crippen LogP contribution in [0.25, 0.3) is 22.2 Å². The number of para-hydroxylation sites is 1. The van der Waals surface area contributed by atoms with Crippen molar-refractivity contribution in [2.24, 2.45) is 0 Å². The second-order valence-electron chi connectivity index (χ2n) is 6.69. The number of fused-ring (bicyclic) bond motifs is 1. The van der Waals surface area contributed by atoms with Crippen LogP contribution in [0.4, 0.5) is 0 Å². The summed E-state index contributed by atoms with van der Waals surface area (Å²) in [7, 11) is 0. The number of aryl methyl sites for hydroxylation is 1. The third kappa shape index (κ3) is 3.76. The van der Waals surface area contributed by atoms with Gasteiger partial charge in [0, 0.05) is 23.7 Å². The molecule has 0 fully saturated rings. The number of carbonyl (C=O) groups excluding carboxylic acids is 1. The van der Waals surface area contributed by atoms with Crippen molar-refractivity contribution in [1.82, 2.24) is 15.3 Å². The molecule has 0 saturated carbocycles. The summed E-state index contributed by atoms with van der Waals surface area (Å²) in [6.45, 7) is 2.42. The third-order valence-electron chi connectivity index (χ3n) is 4.80. The first-order chi connectivity index (χ1) is 13.7. The number of hydrogen-bond donors (Lipinski definition) is 1. The van der Waals surface area contributed by atoms with E-state index in [-0.39, 0.29) is 5.91 Å². The zero-order valence-electron chi connectivity index (χ0n) is 15.7. The highest BCUT2D eigenvalue weighted by molar-refractivity contribution is 5.95. The molecule has 0 unspecified atom stereocenters. The lowest BCUT2D eigenvalue weighted by molar-refractivity contribution is 0.0953. The van der Waals surface area contributed by atoms with Gasteiger partial charge in [-0.15, -0.1) is 0 Å². The first-order valence-electron chi connectivity index (χ1n) is 9.36. The molecule has 0 aliphatic carbocycles. The molecule has 2 aromatic carbocycles. The minimum atomic E-state index is -0.0993. The second kappa shape index (κ2) is 8.01. The van der Waals surface area contributed by atoms with Gasteiger partial charge in [0.15, 0.2) is 0 Å². The quantitative estimate of drug-likeness (QED) is 0.562. The van der Waals surface area contributed by atoms with Crippen LogP contribution in [0.5, 0.6) is 0 Å². The van der Waals surface area contributed by atoms with Gasteiger partial charge in [-0.2, -0.15) is 0 Å². The summed E-state index contributed by atoms with van der Waals surface area (Å²) in [6.07, 6.45) is 2.53. The van der Waals surface area contributed by atoms with Crippen molar-refractivity contribution in [3.63, 3.8) is 0 Å². The maximum Gasteiger partial charge on any atom is 0.253 e. The monoisotopic (exact) mass is 367 g/mol. The highest BCUT2D eigenvalue weighted by Crippen LogP contribution is 2.19. The molecule has 28 heavy (non-hydrogen) atoms. The first kappa shape index (κ1) is 17.9. The lowest BCUT2D eigenvalue weighted by Crippen LogP contribution is -2.26. The smallest absolute Gasteiger partial charge is 0.253 e. The van der Waals surface area contributed by atoms with Gasteiger partial charge in [0.1, 0.15) is 0 Å². The van der Waals surface area contributed by atoms with Gasteiger partial charge < -0.3 is 5.32 Å². The Balaban J connectivity index is 1.44. The molecule has 0 bridgehead atoms. The van der Waals surface area contributed by atoms with Crippen LogP contribution in [0, 0.1) is 6.92 Å². The molecule has 0 atom stereocenters. The first-order valence-corrected chi connectivity index (χ1v) is 9.36. The van der Waals surface area contributed by atoms with E-state index >= 15 is 0 Å². The van der Waals surface area contributed by atoms with E-state index in [4.69, 9.17) is 0 Å². The van der Waals surface area contributed by atoms with Crippen LogP contribution in [-0.4, -0.2) is 22.4 Å². The van der Waals surface area contributed by atoms with Crippen LogP contribution >= 0.6 is 0 Å². The van der Waals surface area contributed by atoms with E-state index in [0.717, 1.165) is 39.8 Å². The Labute approximate surface area is 164 Å². The average molecular weight is 367 g/mol. The Kier molecular flexibility index (Phi) is 5.11. The SMILES string of the molecule is Cc1nc(-c2ccccc2)ccc1C(=O)NCCc1cccc2cccnc12. The zero-order valence-corrected chi connectivity index (χ0v) is 15.7. The molecular weight excluding hydrogens is 346 g/mol. The summed E-state index contributed by atoms with van der Waals surface area (Å²) in [5.41, 5.74) is 5.37. The Bertz CT molecular complexity index is 1120. The van der Waals surface area contributed by atoms with E-state index in [0.29, 0.717) is 12.1 Å². The number of pyridine rings is 2. The summed E-state index contributed by atoms with van der Waals surface area (Å²) >= 11 is 0. The largest absolute Gasteiger partial charge is 0.352 e. The molecule has 138 valence electrons. The summed E-state index contributed by atoms with van der Waals surface area (Å²) in [5, 5.41) is 4.12. The van der Waals surface area contributed by atoms with Crippen molar-refractivity contribution in [3.8, 4) is 11.3 Å². The van der Waals surface area contributed by atoms with Crippen molar-refractivity contribution >= 4 is 16.8 Å². The number of benzene rings is 2. The van der Waals surface area contributed by atoms with Gasteiger partial charge in [-0.3, -0.25) is 14.8 Å². The molecule has 0 aliphatic heterocycles. The fourth-order valence-electron chi connectivity index (χ4n) is 3.35. The van der Waals surface area contributed by atoms with Crippen LogP contribution in [0.3, 0.4) is 0 Å². The zero-order chi connectivity index (χ0) is 19.3. The normalized spacial score (nSPS) is 10.8. The number of nitrogens with one attached hydrogen (secondary N) is 1. The van der Waals surface area contributed by atoms with Crippen LogP contribution in [0.15, 0.2) is 79.0 Å². The molecule has 1 N–H and O–H groups in total. The molecule has 4 aromatic rings. The van der Waals surface area contributed by atoms with Crippen LogP contribution in [0.1, 0.15) is 21.6 Å². The topological polar surface area (TPSA) is 54.9 Å². The van der Waals surface area contributed by atoms with E-state index in [2.05, 4.69) is 21.4 Å². The molecular formula is C24H21N3O. The minimum absolute atomic E-state index is 0.0993. The summed E-state index contributed by atoms with van der Waals surface area (Å²) < 4.78 is 0. The van der Waals surface area contributed by atoms with Crippen molar-refractivity contribution in [2.75, 3.05) is 6.54 Å². The van der Waals surface area contributed by atoms with Gasteiger partial charge in [0.25, 0.3) is 5.91 Å². The molecule has 2 aromatic heterocycles. The maximum absolute atomic E-state index is 12.6. The van der Waals surface area contributed by atoms with E-state index in [1.165, 1.54) is 0 Å². The molecule has 0 aliphatic rings. The van der Waals surface area contributed by atoms with E-state index < -0.39 is 0 Å². The van der Waals surface area contributed by atoms with Gasteiger partial charge >= 0.3 is 0 Å². The van der Waals surface area contributed by atoms with Gasteiger partial charge in [-0.25, -0.2) is 0 Å². The number of aromatic nitrogens is 2. The Hall–Kier alpha value is -3.53. The van der Waals surface area contributed by atoms with E-state index in [9.17, 15) is 4.79 Å². The minimum Gasteiger partial charge on any atom is -0.352 e. The molecule has 0 spiro atoms. The molecule has 0 saturated heterocycles. The third-order valence-corrected chi connectivity index (χ3v) is 4.80. The van der Waals surface area contributed by atoms with E-state index in [1.807, 2.05) is 73.7 Å². The molecule has 0 radical (unpaired) electrons. The standard InChI is InChI=1S/C24H21N3O/c1-17-21(12-13-22(27-17)18-7-3-2-4-8-18)24(28)26-16-14-20-10-5-9-19-11-6-15-25-23(19)20/h2-13,15H,14,16H2,1H3,(H,26,28). The summed E-state index contributed by atoms with van der Waals surface area (Å²) in [4.78, 5) is 21.7. The average Bonchev–Trinajstić information content (AvgIpc) is 2.74. The van der Waals surface area contributed by atoms with Crippen molar-refractivity contribution in [1.29, 1.82) is 0 Å². The molecule has 4 nitrogen and oxygen atoms in total. The lowest BCUT2D eigenvalue weighted by atomic mass is 10.1. The Morgan fingerprint density at radius 3 is 2.57 bits per heavy atom. The van der Waals surface area contributed by atoms with Crippen molar-refractivity contribution < 1.29 is 4.79 Å². The van der Waals surface area contributed by atoms with Crippen molar-refractivity contribution in [3.05, 3.63) is 95.8 Å². The van der Waals surface area contributed by atoms with Crippen LogP contribution in [-0.2, 0) is 6.42 Å². The molecule has 4 rings (SSSR count). The van der Waals surface area contributed by atoms with Gasteiger partial charge in [0.05, 0.1) is 22.5 Å². The van der Waals surface area contributed by atoms with Crippen molar-refractivity contribution in [2.45, 2.75) is 13.3 Å². The lowest BCUT2D eigenvalue weighted by Gasteiger charge is -2.10. The number of rotatable bonds is 5. The summed E-state index contributed by atoms with van der Waals surface area (Å²) in [5.74, 6) is -0.0993. The number of nitrogens with zero attached hydrogens (tertiary/aromatic N) is 2.